The molecule has 1 aliphatic rings. The van der Waals surface area contributed by atoms with Crippen LogP contribution in [-0.2, 0) is 17.8 Å². The second kappa shape index (κ2) is 11.0. The molecule has 1 aromatic heterocycles. The number of rotatable bonds is 7. The zero-order valence-corrected chi connectivity index (χ0v) is 18.4. The Bertz CT molecular complexity index is 1140. The maximum absolute atomic E-state index is 12.6. The van der Waals surface area contributed by atoms with Gasteiger partial charge in [0.25, 0.3) is 5.56 Å². The maximum atomic E-state index is 12.6. The van der Waals surface area contributed by atoms with E-state index in [2.05, 4.69) is 28.5 Å². The topological polar surface area (TPSA) is 96.6 Å². The van der Waals surface area contributed by atoms with Gasteiger partial charge in [-0.05, 0) is 42.9 Å². The van der Waals surface area contributed by atoms with Crippen LogP contribution in [0.15, 0.2) is 70.2 Å². The quantitative estimate of drug-likeness (QED) is 0.174. The Kier molecular flexibility index (Phi) is 7.91. The molecule has 7 heteroatoms. The third kappa shape index (κ3) is 5.49. The van der Waals surface area contributed by atoms with Gasteiger partial charge in [0.1, 0.15) is 5.82 Å². The van der Waals surface area contributed by atoms with E-state index in [0.717, 1.165) is 47.5 Å². The monoisotopic (exact) mass is 432 g/mol. The average Bonchev–Trinajstić information content (AvgIpc) is 2.76. The molecule has 0 bridgehead atoms. The highest BCUT2D eigenvalue weighted by Crippen LogP contribution is 2.27. The number of amidine groups is 1. The van der Waals surface area contributed by atoms with Crippen LogP contribution in [0.1, 0.15) is 48.8 Å². The third-order valence-corrected chi connectivity index (χ3v) is 5.22. The molecule has 1 amide bonds. The summed E-state index contributed by atoms with van der Waals surface area (Å²) in [6.07, 6.45) is 11.6. The highest BCUT2D eigenvalue weighted by atomic mass is 16.4. The van der Waals surface area contributed by atoms with Gasteiger partial charge in [-0.3, -0.25) is 14.2 Å². The molecule has 32 heavy (non-hydrogen) atoms. The number of nitrogens with zero attached hydrogens (tertiary/aromatic N) is 3. The lowest BCUT2D eigenvalue weighted by Gasteiger charge is -2.16. The summed E-state index contributed by atoms with van der Waals surface area (Å²) in [5.41, 5.74) is 4.11. The van der Waals surface area contributed by atoms with Crippen molar-refractivity contribution in [1.29, 1.82) is 0 Å². The molecular weight excluding hydrogens is 404 g/mol. The number of benzene rings is 1. The van der Waals surface area contributed by atoms with Gasteiger partial charge in [0, 0.05) is 23.8 Å². The fourth-order valence-electron chi connectivity index (χ4n) is 3.73. The van der Waals surface area contributed by atoms with Crippen molar-refractivity contribution < 1.29 is 10.0 Å². The van der Waals surface area contributed by atoms with E-state index in [1.165, 1.54) is 0 Å². The number of aryl methyl sites for hydroxylation is 2. The van der Waals surface area contributed by atoms with E-state index >= 15 is 0 Å². The minimum atomic E-state index is -0.0477. The Balaban J connectivity index is 1.93. The van der Waals surface area contributed by atoms with E-state index in [4.69, 9.17) is 0 Å². The predicted molar refractivity (Wildman–Crippen MR) is 126 cm³/mol. The molecule has 0 radical (unpaired) electrons. The summed E-state index contributed by atoms with van der Waals surface area (Å²) in [7, 11) is 0. The Hall–Kier alpha value is -3.74. The first-order chi connectivity index (χ1) is 15.6. The van der Waals surface area contributed by atoms with Crippen molar-refractivity contribution in [3.05, 3.63) is 93.2 Å². The van der Waals surface area contributed by atoms with E-state index in [1.807, 2.05) is 49.4 Å². The van der Waals surface area contributed by atoms with Crippen molar-refractivity contribution in [2.75, 3.05) is 0 Å². The van der Waals surface area contributed by atoms with Crippen LogP contribution in [0.3, 0.4) is 0 Å². The Morgan fingerprint density at radius 1 is 1.22 bits per heavy atom. The highest BCUT2D eigenvalue weighted by Gasteiger charge is 2.16. The zero-order valence-electron chi connectivity index (χ0n) is 18.4. The first-order valence-corrected chi connectivity index (χ1v) is 10.7. The number of carbonyl (C=O) groups excluding carboxylic acids is 1. The van der Waals surface area contributed by atoms with Gasteiger partial charge in [-0.15, -0.1) is 0 Å². The predicted octanol–water partition coefficient (Wildman–Crippen LogP) is 3.75. The molecule has 0 fully saturated rings. The molecule has 7 nitrogen and oxygen atoms in total. The minimum Gasteiger partial charge on any atom is -0.409 e. The maximum Gasteiger partial charge on any atom is 0.254 e. The second-order valence-electron chi connectivity index (χ2n) is 7.57. The van der Waals surface area contributed by atoms with Crippen LogP contribution in [0, 0.1) is 6.92 Å². The first-order valence-electron chi connectivity index (χ1n) is 10.7. The number of carbonyl (C=O) groups is 1. The van der Waals surface area contributed by atoms with Gasteiger partial charge in [-0.2, -0.15) is 0 Å². The minimum absolute atomic E-state index is 0.0477. The Morgan fingerprint density at radius 2 is 1.94 bits per heavy atom. The largest absolute Gasteiger partial charge is 0.409 e. The summed E-state index contributed by atoms with van der Waals surface area (Å²) in [5, 5.41) is 15.1. The van der Waals surface area contributed by atoms with Crippen molar-refractivity contribution in [2.24, 2.45) is 5.16 Å². The number of hydrogen-bond donors (Lipinski definition) is 2. The summed E-state index contributed by atoms with van der Waals surface area (Å²) < 4.78 is 1.72. The first kappa shape index (κ1) is 22.9. The number of hydrogen-bond acceptors (Lipinski definition) is 5. The van der Waals surface area contributed by atoms with E-state index in [-0.39, 0.29) is 11.4 Å². The zero-order chi connectivity index (χ0) is 22.9. The van der Waals surface area contributed by atoms with Crippen LogP contribution in [0.4, 0.5) is 0 Å². The van der Waals surface area contributed by atoms with E-state index in [0.29, 0.717) is 24.9 Å². The van der Waals surface area contributed by atoms with Crippen LogP contribution in [-0.4, -0.2) is 27.0 Å². The van der Waals surface area contributed by atoms with Gasteiger partial charge in [0.05, 0.1) is 6.54 Å². The number of allylic oxidation sites excluding steroid dienone is 4. The van der Waals surface area contributed by atoms with Gasteiger partial charge in [-0.25, -0.2) is 4.98 Å². The van der Waals surface area contributed by atoms with E-state index in [9.17, 15) is 14.8 Å². The molecule has 0 aliphatic heterocycles. The molecule has 1 aliphatic carbocycles. The van der Waals surface area contributed by atoms with Gasteiger partial charge < -0.3 is 10.5 Å². The van der Waals surface area contributed by atoms with Crippen molar-refractivity contribution >= 4 is 17.8 Å². The van der Waals surface area contributed by atoms with E-state index in [1.54, 1.807) is 10.6 Å². The van der Waals surface area contributed by atoms with Crippen LogP contribution < -0.4 is 10.9 Å². The van der Waals surface area contributed by atoms with Crippen LogP contribution in [0.25, 0.3) is 5.57 Å². The molecule has 0 spiro atoms. The molecule has 1 aromatic carbocycles. The number of amides is 1. The van der Waals surface area contributed by atoms with Crippen LogP contribution >= 0.6 is 0 Å². The molecule has 0 saturated heterocycles. The SMILES string of the molecule is CCCc1nc(C)cc(=O)n1Cc1ccc(/C2=C/C/C=C\CC=C2/C(=N/O)NC=O)cc1. The van der Waals surface area contributed by atoms with Crippen LogP contribution in [0.5, 0.6) is 0 Å². The summed E-state index contributed by atoms with van der Waals surface area (Å²) in [5.74, 6) is 0.900. The second-order valence-corrected chi connectivity index (χ2v) is 7.57. The van der Waals surface area contributed by atoms with Crippen LogP contribution in [0.2, 0.25) is 0 Å². The Morgan fingerprint density at radius 3 is 2.59 bits per heavy atom. The number of oxime groups is 1. The van der Waals surface area contributed by atoms with Crippen molar-refractivity contribution in [3.8, 4) is 0 Å². The molecule has 0 atom stereocenters. The van der Waals surface area contributed by atoms with Gasteiger partial charge in [0.15, 0.2) is 5.84 Å². The summed E-state index contributed by atoms with van der Waals surface area (Å²) in [6.45, 7) is 4.36. The molecule has 0 unspecified atom stereocenters. The summed E-state index contributed by atoms with van der Waals surface area (Å²) in [4.78, 5) is 28.1. The van der Waals surface area contributed by atoms with Gasteiger partial charge >= 0.3 is 0 Å². The summed E-state index contributed by atoms with van der Waals surface area (Å²) in [6, 6.07) is 9.47. The lowest BCUT2D eigenvalue weighted by atomic mass is 9.93. The van der Waals surface area contributed by atoms with E-state index < -0.39 is 0 Å². The molecule has 2 N–H and O–H groups in total. The highest BCUT2D eigenvalue weighted by molar-refractivity contribution is 6.14. The molecular formula is C25H28N4O3. The standard InChI is InChI=1S/C25H28N4O3/c1-3-8-23-27-18(2)15-24(31)29(23)16-19-11-13-20(14-12-19)21-9-6-4-5-7-10-22(21)25(28-32)26-17-30/h4-5,9-15,17,32H,3,6-8,16H2,1-2H3,(H,26,28,30)/b5-4-,21-9-,22-10?. The average molecular weight is 433 g/mol. The summed E-state index contributed by atoms with van der Waals surface area (Å²) >= 11 is 0. The van der Waals surface area contributed by atoms with Gasteiger partial charge in [-0.1, -0.05) is 60.6 Å². The normalized spacial score (nSPS) is 16.9. The van der Waals surface area contributed by atoms with Gasteiger partial charge in [0.2, 0.25) is 6.41 Å². The Labute approximate surface area is 187 Å². The molecule has 2 aromatic rings. The molecule has 166 valence electrons. The number of nitrogens with one attached hydrogen (secondary N) is 1. The smallest absolute Gasteiger partial charge is 0.254 e. The fraction of sp³-hybridized carbons (Fsp3) is 0.280. The molecule has 0 saturated carbocycles. The lowest BCUT2D eigenvalue weighted by Crippen LogP contribution is -2.25. The third-order valence-electron chi connectivity index (χ3n) is 5.22. The fourth-order valence-corrected chi connectivity index (χ4v) is 3.73. The molecule has 1 heterocycles. The number of aromatic nitrogens is 2. The van der Waals surface area contributed by atoms with Crippen molar-refractivity contribution in [1.82, 2.24) is 14.9 Å². The lowest BCUT2D eigenvalue weighted by molar-refractivity contribution is -0.108. The van der Waals surface area contributed by atoms with Crippen molar-refractivity contribution in [3.63, 3.8) is 0 Å². The molecule has 3 rings (SSSR count). The van der Waals surface area contributed by atoms with Crippen molar-refractivity contribution in [2.45, 2.75) is 46.1 Å².